The SMILES string of the molecule is COc1ccc(-n2c(SCC(=O)N/N=C\c3cc(Br)ccc3F)nnc2-c2ccccc2)cc1. The lowest BCUT2D eigenvalue weighted by atomic mass is 10.2. The summed E-state index contributed by atoms with van der Waals surface area (Å²) in [6.45, 7) is 0. The zero-order valence-electron chi connectivity index (χ0n) is 18.0. The quantitative estimate of drug-likeness (QED) is 0.191. The van der Waals surface area contributed by atoms with Gasteiger partial charge in [0.1, 0.15) is 11.6 Å². The van der Waals surface area contributed by atoms with E-state index in [4.69, 9.17) is 4.74 Å². The summed E-state index contributed by atoms with van der Waals surface area (Å²) < 4.78 is 21.7. The predicted molar refractivity (Wildman–Crippen MR) is 134 cm³/mol. The number of hydrogen-bond acceptors (Lipinski definition) is 6. The van der Waals surface area contributed by atoms with Gasteiger partial charge in [-0.3, -0.25) is 9.36 Å². The predicted octanol–water partition coefficient (Wildman–Crippen LogP) is 5.09. The van der Waals surface area contributed by atoms with Crippen molar-refractivity contribution in [3.63, 3.8) is 0 Å². The number of benzene rings is 3. The summed E-state index contributed by atoms with van der Waals surface area (Å²) in [6, 6.07) is 21.6. The molecule has 0 aliphatic carbocycles. The maximum absolute atomic E-state index is 13.8. The van der Waals surface area contributed by atoms with Crippen LogP contribution in [-0.2, 0) is 4.79 Å². The van der Waals surface area contributed by atoms with Crippen molar-refractivity contribution >= 4 is 39.8 Å². The first kappa shape index (κ1) is 23.7. The highest BCUT2D eigenvalue weighted by molar-refractivity contribution is 9.10. The van der Waals surface area contributed by atoms with Gasteiger partial charge >= 0.3 is 0 Å². The van der Waals surface area contributed by atoms with Crippen LogP contribution in [0.1, 0.15) is 5.56 Å². The van der Waals surface area contributed by atoms with Gasteiger partial charge in [0.05, 0.1) is 19.1 Å². The summed E-state index contributed by atoms with van der Waals surface area (Å²) in [5, 5.41) is 13.1. The second-order valence-corrected chi connectivity index (χ2v) is 8.81. The van der Waals surface area contributed by atoms with Crippen molar-refractivity contribution < 1.29 is 13.9 Å². The van der Waals surface area contributed by atoms with Crippen LogP contribution in [0, 0.1) is 5.82 Å². The minimum Gasteiger partial charge on any atom is -0.497 e. The van der Waals surface area contributed by atoms with Crippen LogP contribution < -0.4 is 10.2 Å². The molecular weight excluding hydrogens is 521 g/mol. The monoisotopic (exact) mass is 539 g/mol. The number of halogens is 2. The first-order chi connectivity index (χ1) is 16.5. The van der Waals surface area contributed by atoms with Crippen molar-refractivity contribution in [3.05, 3.63) is 88.6 Å². The third-order valence-electron chi connectivity index (χ3n) is 4.68. The molecule has 1 aromatic heterocycles. The lowest BCUT2D eigenvalue weighted by Crippen LogP contribution is -2.20. The molecule has 0 saturated heterocycles. The topological polar surface area (TPSA) is 81.4 Å². The van der Waals surface area contributed by atoms with Crippen molar-refractivity contribution in [1.82, 2.24) is 20.2 Å². The van der Waals surface area contributed by atoms with Gasteiger partial charge in [0.25, 0.3) is 5.91 Å². The lowest BCUT2D eigenvalue weighted by Gasteiger charge is -2.11. The second kappa shape index (κ2) is 11.1. The average molecular weight is 540 g/mol. The summed E-state index contributed by atoms with van der Waals surface area (Å²) >= 11 is 4.50. The van der Waals surface area contributed by atoms with Crippen LogP contribution in [0.2, 0.25) is 0 Å². The molecule has 34 heavy (non-hydrogen) atoms. The van der Waals surface area contributed by atoms with E-state index in [-0.39, 0.29) is 17.2 Å². The Hall–Kier alpha value is -3.50. The van der Waals surface area contributed by atoms with E-state index in [1.165, 1.54) is 24.0 Å². The van der Waals surface area contributed by atoms with Gasteiger partial charge in [-0.25, -0.2) is 9.82 Å². The number of carbonyl (C=O) groups is 1. The van der Waals surface area contributed by atoms with E-state index in [1.54, 1.807) is 19.2 Å². The van der Waals surface area contributed by atoms with E-state index in [0.29, 0.717) is 15.5 Å². The highest BCUT2D eigenvalue weighted by atomic mass is 79.9. The Bertz CT molecular complexity index is 1310. The molecule has 0 saturated carbocycles. The first-order valence-corrected chi connectivity index (χ1v) is 11.9. The smallest absolute Gasteiger partial charge is 0.250 e. The Kier molecular flexibility index (Phi) is 7.71. The Balaban J connectivity index is 1.51. The molecule has 0 atom stereocenters. The van der Waals surface area contributed by atoms with E-state index in [1.807, 2.05) is 59.2 Å². The number of hydrogen-bond donors (Lipinski definition) is 1. The van der Waals surface area contributed by atoms with Gasteiger partial charge in [-0.2, -0.15) is 5.10 Å². The number of nitrogens with one attached hydrogen (secondary N) is 1. The fraction of sp³-hybridized carbons (Fsp3) is 0.0833. The van der Waals surface area contributed by atoms with Crippen molar-refractivity contribution in [1.29, 1.82) is 0 Å². The molecule has 172 valence electrons. The van der Waals surface area contributed by atoms with Crippen molar-refractivity contribution in [2.24, 2.45) is 5.10 Å². The molecule has 10 heteroatoms. The lowest BCUT2D eigenvalue weighted by molar-refractivity contribution is -0.118. The summed E-state index contributed by atoms with van der Waals surface area (Å²) in [4.78, 5) is 12.3. The Labute approximate surface area is 208 Å². The van der Waals surface area contributed by atoms with Crippen LogP contribution in [0.15, 0.2) is 87.5 Å². The number of rotatable bonds is 8. The van der Waals surface area contributed by atoms with E-state index >= 15 is 0 Å². The molecule has 0 unspecified atom stereocenters. The molecular formula is C24H19BrFN5O2S. The van der Waals surface area contributed by atoms with Crippen LogP contribution in [0.4, 0.5) is 4.39 Å². The molecule has 1 heterocycles. The number of amides is 1. The van der Waals surface area contributed by atoms with E-state index in [9.17, 15) is 9.18 Å². The van der Waals surface area contributed by atoms with Crippen LogP contribution >= 0.6 is 27.7 Å². The number of nitrogens with zero attached hydrogens (tertiary/aromatic N) is 4. The van der Waals surface area contributed by atoms with Gasteiger partial charge in [0.2, 0.25) is 0 Å². The summed E-state index contributed by atoms with van der Waals surface area (Å²) in [5.74, 6) is 0.628. The first-order valence-electron chi connectivity index (χ1n) is 10.1. The zero-order chi connectivity index (χ0) is 23.9. The molecule has 0 fully saturated rings. The summed E-state index contributed by atoms with van der Waals surface area (Å²) in [7, 11) is 1.61. The van der Waals surface area contributed by atoms with E-state index in [2.05, 4.69) is 36.7 Å². The van der Waals surface area contributed by atoms with Crippen molar-refractivity contribution in [3.8, 4) is 22.8 Å². The molecule has 0 aliphatic heterocycles. The maximum Gasteiger partial charge on any atom is 0.250 e. The van der Waals surface area contributed by atoms with Gasteiger partial charge in [-0.15, -0.1) is 10.2 Å². The molecule has 4 aromatic rings. The largest absolute Gasteiger partial charge is 0.497 e. The molecule has 0 bridgehead atoms. The minimum atomic E-state index is -0.434. The number of thioether (sulfide) groups is 1. The molecule has 7 nitrogen and oxygen atoms in total. The van der Waals surface area contributed by atoms with Gasteiger partial charge < -0.3 is 4.74 Å². The third kappa shape index (κ3) is 5.70. The van der Waals surface area contributed by atoms with E-state index in [0.717, 1.165) is 17.0 Å². The van der Waals surface area contributed by atoms with Gasteiger partial charge in [0.15, 0.2) is 11.0 Å². The molecule has 3 aromatic carbocycles. The normalized spacial score (nSPS) is 11.0. The van der Waals surface area contributed by atoms with Crippen LogP contribution in [0.25, 0.3) is 17.1 Å². The number of hydrazone groups is 1. The summed E-state index contributed by atoms with van der Waals surface area (Å²) in [6.07, 6.45) is 1.26. The minimum absolute atomic E-state index is 0.0430. The van der Waals surface area contributed by atoms with Gasteiger partial charge in [-0.1, -0.05) is 58.0 Å². The number of aromatic nitrogens is 3. The van der Waals surface area contributed by atoms with Crippen molar-refractivity contribution in [2.75, 3.05) is 12.9 Å². The van der Waals surface area contributed by atoms with Crippen LogP contribution in [0.5, 0.6) is 5.75 Å². The van der Waals surface area contributed by atoms with Crippen LogP contribution in [-0.4, -0.2) is 39.7 Å². The molecule has 0 radical (unpaired) electrons. The highest BCUT2D eigenvalue weighted by Crippen LogP contribution is 2.28. The average Bonchev–Trinajstić information content (AvgIpc) is 3.29. The van der Waals surface area contributed by atoms with Gasteiger partial charge in [0, 0.05) is 21.3 Å². The fourth-order valence-corrected chi connectivity index (χ4v) is 4.17. The molecule has 0 aliphatic rings. The Morgan fingerprint density at radius 3 is 2.65 bits per heavy atom. The molecule has 0 spiro atoms. The zero-order valence-corrected chi connectivity index (χ0v) is 20.4. The number of methoxy groups -OCH3 is 1. The van der Waals surface area contributed by atoms with Gasteiger partial charge in [-0.05, 0) is 42.5 Å². The second-order valence-electron chi connectivity index (χ2n) is 6.95. The Morgan fingerprint density at radius 1 is 1.15 bits per heavy atom. The standard InChI is InChI=1S/C24H19BrFN5O2S/c1-33-20-10-8-19(9-11-20)31-23(16-5-3-2-4-6-16)29-30-24(31)34-15-22(32)28-27-14-17-13-18(25)7-12-21(17)26/h2-14H,15H2,1H3,(H,28,32)/b27-14-. The van der Waals surface area contributed by atoms with Crippen molar-refractivity contribution in [2.45, 2.75) is 5.16 Å². The van der Waals surface area contributed by atoms with Crippen LogP contribution in [0.3, 0.4) is 0 Å². The summed E-state index contributed by atoms with van der Waals surface area (Å²) in [5.41, 5.74) is 4.39. The van der Waals surface area contributed by atoms with E-state index < -0.39 is 5.82 Å². The number of ether oxygens (including phenoxy) is 1. The fourth-order valence-electron chi connectivity index (χ4n) is 3.05. The molecule has 1 N–H and O–H groups in total. The third-order valence-corrected chi connectivity index (χ3v) is 6.10. The molecule has 4 rings (SSSR count). The molecule has 1 amide bonds. The highest BCUT2D eigenvalue weighted by Gasteiger charge is 2.17. The maximum atomic E-state index is 13.8. The number of carbonyl (C=O) groups excluding carboxylic acids is 1. The Morgan fingerprint density at radius 2 is 1.91 bits per heavy atom.